The van der Waals surface area contributed by atoms with Crippen molar-refractivity contribution in [1.29, 1.82) is 0 Å². The molecule has 0 aliphatic carbocycles. The topological polar surface area (TPSA) is 74.5 Å². The van der Waals surface area contributed by atoms with Crippen LogP contribution in [0.4, 0.5) is 5.69 Å². The molecule has 0 spiro atoms. The van der Waals surface area contributed by atoms with E-state index in [0.29, 0.717) is 22.9 Å². The van der Waals surface area contributed by atoms with Gasteiger partial charge in [0.1, 0.15) is 17.2 Å². The molecule has 0 N–H and O–H groups in total. The Morgan fingerprint density at radius 3 is 2.25 bits per heavy atom. The molecule has 0 radical (unpaired) electrons. The summed E-state index contributed by atoms with van der Waals surface area (Å²) in [5.41, 5.74) is 0.872. The van der Waals surface area contributed by atoms with E-state index in [-0.39, 0.29) is 5.69 Å². The van der Waals surface area contributed by atoms with Crippen LogP contribution in [0.1, 0.15) is 11.3 Å². The zero-order valence-electron chi connectivity index (χ0n) is 11.4. The Hall–Kier alpha value is -2.63. The Morgan fingerprint density at radius 1 is 1.15 bits per heavy atom. The van der Waals surface area contributed by atoms with E-state index in [1.165, 1.54) is 0 Å². The van der Waals surface area contributed by atoms with E-state index in [1.807, 2.05) is 0 Å². The number of aromatic nitrogens is 1. The standard InChI is InChI=1S/C14H14N2O4/c1-9-8-13(15-10(2)14(9)16(17)18)20-12-6-4-11(19-3)5-7-12/h4-8H,1-3H3. The van der Waals surface area contributed by atoms with Crippen LogP contribution < -0.4 is 9.47 Å². The normalized spacial score (nSPS) is 10.2. The van der Waals surface area contributed by atoms with Crippen LogP contribution >= 0.6 is 0 Å². The highest BCUT2D eigenvalue weighted by molar-refractivity contribution is 5.46. The predicted octanol–water partition coefficient (Wildman–Crippen LogP) is 3.41. The van der Waals surface area contributed by atoms with Gasteiger partial charge in [0.05, 0.1) is 12.0 Å². The van der Waals surface area contributed by atoms with Crippen molar-refractivity contribution in [3.05, 3.63) is 51.7 Å². The van der Waals surface area contributed by atoms with Crippen molar-refractivity contribution in [1.82, 2.24) is 4.98 Å². The van der Waals surface area contributed by atoms with E-state index in [0.717, 1.165) is 5.75 Å². The number of methoxy groups -OCH3 is 1. The average Bonchev–Trinajstić information content (AvgIpc) is 2.38. The molecule has 0 saturated heterocycles. The van der Waals surface area contributed by atoms with Gasteiger partial charge in [0, 0.05) is 11.6 Å². The number of hydrogen-bond donors (Lipinski definition) is 0. The van der Waals surface area contributed by atoms with Crippen LogP contribution in [0, 0.1) is 24.0 Å². The molecule has 104 valence electrons. The second kappa shape index (κ2) is 5.56. The lowest BCUT2D eigenvalue weighted by molar-refractivity contribution is -0.386. The first-order valence-corrected chi connectivity index (χ1v) is 5.96. The largest absolute Gasteiger partial charge is 0.497 e. The van der Waals surface area contributed by atoms with Crippen molar-refractivity contribution in [3.8, 4) is 17.4 Å². The number of benzene rings is 1. The summed E-state index contributed by atoms with van der Waals surface area (Å²) >= 11 is 0. The van der Waals surface area contributed by atoms with Crippen LogP contribution in [0.25, 0.3) is 0 Å². The van der Waals surface area contributed by atoms with E-state index in [2.05, 4.69) is 4.98 Å². The first-order chi connectivity index (χ1) is 9.51. The van der Waals surface area contributed by atoms with Crippen LogP contribution in [0.15, 0.2) is 30.3 Å². The van der Waals surface area contributed by atoms with E-state index >= 15 is 0 Å². The molecule has 1 heterocycles. The lowest BCUT2D eigenvalue weighted by Crippen LogP contribution is -1.99. The third-order valence-electron chi connectivity index (χ3n) is 2.80. The molecule has 0 bridgehead atoms. The van der Waals surface area contributed by atoms with Crippen molar-refractivity contribution in [2.24, 2.45) is 0 Å². The third-order valence-corrected chi connectivity index (χ3v) is 2.80. The fourth-order valence-electron chi connectivity index (χ4n) is 1.88. The van der Waals surface area contributed by atoms with Gasteiger partial charge in [0.2, 0.25) is 5.88 Å². The maximum atomic E-state index is 10.9. The van der Waals surface area contributed by atoms with E-state index in [4.69, 9.17) is 9.47 Å². The zero-order valence-corrected chi connectivity index (χ0v) is 11.4. The minimum absolute atomic E-state index is 0.0204. The monoisotopic (exact) mass is 274 g/mol. The molecule has 1 aromatic carbocycles. The molecule has 2 rings (SSSR count). The highest BCUT2D eigenvalue weighted by Gasteiger charge is 2.17. The van der Waals surface area contributed by atoms with Gasteiger partial charge in [-0.3, -0.25) is 10.1 Å². The van der Waals surface area contributed by atoms with Gasteiger partial charge in [-0.15, -0.1) is 0 Å². The zero-order chi connectivity index (χ0) is 14.7. The fraction of sp³-hybridized carbons (Fsp3) is 0.214. The number of ether oxygens (including phenoxy) is 2. The van der Waals surface area contributed by atoms with Crippen LogP contribution in [0.2, 0.25) is 0 Å². The Labute approximate surface area is 116 Å². The van der Waals surface area contributed by atoms with E-state index in [1.54, 1.807) is 51.3 Å². The molecular formula is C14H14N2O4. The maximum absolute atomic E-state index is 10.9. The number of aryl methyl sites for hydroxylation is 2. The predicted molar refractivity (Wildman–Crippen MR) is 73.4 cm³/mol. The molecule has 0 atom stereocenters. The van der Waals surface area contributed by atoms with Crippen LogP contribution in [-0.4, -0.2) is 17.0 Å². The summed E-state index contributed by atoms with van der Waals surface area (Å²) in [5, 5.41) is 10.9. The van der Waals surface area contributed by atoms with Gasteiger partial charge >= 0.3 is 0 Å². The van der Waals surface area contributed by atoms with Crippen molar-refractivity contribution in [2.75, 3.05) is 7.11 Å². The Balaban J connectivity index is 2.27. The quantitative estimate of drug-likeness (QED) is 0.631. The summed E-state index contributed by atoms with van der Waals surface area (Å²) in [4.78, 5) is 14.6. The van der Waals surface area contributed by atoms with Gasteiger partial charge in [-0.05, 0) is 38.1 Å². The van der Waals surface area contributed by atoms with E-state index in [9.17, 15) is 10.1 Å². The Kier molecular flexibility index (Phi) is 3.84. The van der Waals surface area contributed by atoms with Gasteiger partial charge in [0.25, 0.3) is 5.69 Å². The molecule has 0 aliphatic heterocycles. The summed E-state index contributed by atoms with van der Waals surface area (Å²) in [6.07, 6.45) is 0. The number of nitro groups is 1. The highest BCUT2D eigenvalue weighted by Crippen LogP contribution is 2.28. The molecule has 6 nitrogen and oxygen atoms in total. The SMILES string of the molecule is COc1ccc(Oc2cc(C)c([N+](=O)[O-])c(C)n2)cc1. The molecular weight excluding hydrogens is 260 g/mol. The molecule has 0 fully saturated rings. The smallest absolute Gasteiger partial charge is 0.293 e. The summed E-state index contributed by atoms with van der Waals surface area (Å²) in [5.74, 6) is 1.64. The Morgan fingerprint density at radius 2 is 1.75 bits per heavy atom. The van der Waals surface area contributed by atoms with E-state index < -0.39 is 4.92 Å². The third kappa shape index (κ3) is 2.85. The molecule has 2 aromatic rings. The van der Waals surface area contributed by atoms with Gasteiger partial charge in [-0.25, -0.2) is 4.98 Å². The minimum atomic E-state index is -0.436. The molecule has 0 aliphatic rings. The first-order valence-electron chi connectivity index (χ1n) is 5.96. The Bertz CT molecular complexity index is 615. The number of nitrogens with zero attached hydrogens (tertiary/aromatic N) is 2. The van der Waals surface area contributed by atoms with Crippen molar-refractivity contribution < 1.29 is 14.4 Å². The van der Waals surface area contributed by atoms with Gasteiger partial charge in [-0.1, -0.05) is 0 Å². The summed E-state index contributed by atoms with van der Waals surface area (Å²) in [6, 6.07) is 8.56. The second-order valence-corrected chi connectivity index (χ2v) is 4.25. The lowest BCUT2D eigenvalue weighted by Gasteiger charge is -2.08. The molecule has 0 amide bonds. The van der Waals surface area contributed by atoms with Crippen molar-refractivity contribution in [2.45, 2.75) is 13.8 Å². The molecule has 6 heteroatoms. The van der Waals surface area contributed by atoms with Crippen molar-refractivity contribution >= 4 is 5.69 Å². The van der Waals surface area contributed by atoms with Crippen LogP contribution in [0.5, 0.6) is 17.4 Å². The average molecular weight is 274 g/mol. The summed E-state index contributed by atoms with van der Waals surface area (Å²) < 4.78 is 10.6. The molecule has 0 saturated carbocycles. The van der Waals surface area contributed by atoms with Crippen LogP contribution in [-0.2, 0) is 0 Å². The summed E-state index contributed by atoms with van der Waals surface area (Å²) in [6.45, 7) is 3.25. The number of pyridine rings is 1. The van der Waals surface area contributed by atoms with Crippen molar-refractivity contribution in [3.63, 3.8) is 0 Å². The first kappa shape index (κ1) is 13.8. The maximum Gasteiger partial charge on any atom is 0.293 e. The highest BCUT2D eigenvalue weighted by atomic mass is 16.6. The number of rotatable bonds is 4. The van der Waals surface area contributed by atoms with Gasteiger partial charge < -0.3 is 9.47 Å². The fourth-order valence-corrected chi connectivity index (χ4v) is 1.88. The lowest BCUT2D eigenvalue weighted by atomic mass is 10.2. The molecule has 1 aromatic heterocycles. The number of hydrogen-bond acceptors (Lipinski definition) is 5. The summed E-state index contributed by atoms with van der Waals surface area (Å²) in [7, 11) is 1.58. The van der Waals surface area contributed by atoms with Gasteiger partial charge in [0.15, 0.2) is 0 Å². The van der Waals surface area contributed by atoms with Crippen LogP contribution in [0.3, 0.4) is 0 Å². The molecule has 20 heavy (non-hydrogen) atoms. The second-order valence-electron chi connectivity index (χ2n) is 4.25. The van der Waals surface area contributed by atoms with Gasteiger partial charge in [-0.2, -0.15) is 0 Å². The molecule has 0 unspecified atom stereocenters. The minimum Gasteiger partial charge on any atom is -0.497 e.